The number of nitrogens with zero attached hydrogens (tertiary/aromatic N) is 4. The molecule has 3 aromatic rings. The number of hydrogen-bond donors (Lipinski definition) is 1. The third kappa shape index (κ3) is 2.60. The zero-order valence-electron chi connectivity index (χ0n) is 13.5. The van der Waals surface area contributed by atoms with Crippen LogP contribution in [0.4, 0.5) is 5.82 Å². The number of anilines is 1. The average molecular weight is 329 g/mol. The van der Waals surface area contributed by atoms with Crippen molar-refractivity contribution in [2.24, 2.45) is 14.1 Å². The summed E-state index contributed by atoms with van der Waals surface area (Å²) in [5, 5.41) is 2.73. The Morgan fingerprint density at radius 2 is 2.04 bits per heavy atom. The van der Waals surface area contributed by atoms with Gasteiger partial charge in [-0.2, -0.15) is 0 Å². The van der Waals surface area contributed by atoms with Crippen LogP contribution in [0.5, 0.6) is 0 Å². The largest absolute Gasteiger partial charge is 0.332 e. The first-order valence-corrected chi connectivity index (χ1v) is 7.27. The summed E-state index contributed by atoms with van der Waals surface area (Å²) in [4.78, 5) is 43.5. The van der Waals surface area contributed by atoms with E-state index in [1.54, 1.807) is 12.3 Å². The van der Waals surface area contributed by atoms with Crippen LogP contribution in [-0.2, 0) is 25.4 Å². The second-order valence-corrected chi connectivity index (χ2v) is 5.58. The SMILES string of the molecule is Cc1cc[nH+]c(NC(=O)Cn2cnc3c2c(=O)n(C)c(=O)n3C)c1. The van der Waals surface area contributed by atoms with Crippen LogP contribution < -0.4 is 21.5 Å². The molecule has 3 aromatic heterocycles. The Hall–Kier alpha value is -3.23. The van der Waals surface area contributed by atoms with E-state index in [2.05, 4.69) is 15.3 Å². The summed E-state index contributed by atoms with van der Waals surface area (Å²) < 4.78 is 3.70. The van der Waals surface area contributed by atoms with Crippen molar-refractivity contribution in [3.63, 3.8) is 0 Å². The number of hydrogen-bond acceptors (Lipinski definition) is 4. The molecule has 0 fully saturated rings. The van der Waals surface area contributed by atoms with Gasteiger partial charge in [-0.25, -0.2) is 24.9 Å². The molecule has 9 heteroatoms. The standard InChI is InChI=1S/C15H16N6O3/c1-9-4-5-16-10(6-9)18-11(22)7-21-8-17-13-12(21)14(23)20(3)15(24)19(13)2/h4-6,8H,7H2,1-3H3,(H,16,18,22)/p+1. The van der Waals surface area contributed by atoms with E-state index < -0.39 is 11.2 Å². The third-order valence-electron chi connectivity index (χ3n) is 3.76. The van der Waals surface area contributed by atoms with Crippen LogP contribution >= 0.6 is 0 Å². The van der Waals surface area contributed by atoms with Crippen molar-refractivity contribution in [3.8, 4) is 0 Å². The highest BCUT2D eigenvalue weighted by atomic mass is 16.2. The molecule has 3 rings (SSSR count). The quantitative estimate of drug-likeness (QED) is 0.679. The van der Waals surface area contributed by atoms with Gasteiger partial charge < -0.3 is 4.57 Å². The van der Waals surface area contributed by atoms with Gasteiger partial charge in [-0.3, -0.25) is 13.9 Å². The summed E-state index contributed by atoms with van der Waals surface area (Å²) >= 11 is 0. The second-order valence-electron chi connectivity index (χ2n) is 5.58. The number of amides is 1. The smallest absolute Gasteiger partial charge is 0.313 e. The molecule has 0 aliphatic rings. The van der Waals surface area contributed by atoms with Crippen LogP contribution in [0, 0.1) is 6.92 Å². The van der Waals surface area contributed by atoms with E-state index in [0.29, 0.717) is 5.82 Å². The van der Waals surface area contributed by atoms with E-state index >= 15 is 0 Å². The zero-order chi connectivity index (χ0) is 17.4. The summed E-state index contributed by atoms with van der Waals surface area (Å²) in [6.45, 7) is 1.82. The molecule has 1 amide bonds. The van der Waals surface area contributed by atoms with Gasteiger partial charge in [0.25, 0.3) is 11.4 Å². The minimum atomic E-state index is -0.486. The minimum absolute atomic E-state index is 0.0915. The number of carbonyl (C=O) groups excluding carboxylic acids is 1. The third-order valence-corrected chi connectivity index (χ3v) is 3.76. The van der Waals surface area contributed by atoms with Gasteiger partial charge in [-0.05, 0) is 18.6 Å². The Bertz CT molecular complexity index is 1060. The van der Waals surface area contributed by atoms with Gasteiger partial charge in [0.1, 0.15) is 6.54 Å². The molecule has 24 heavy (non-hydrogen) atoms. The van der Waals surface area contributed by atoms with Gasteiger partial charge in [0, 0.05) is 20.2 Å². The highest BCUT2D eigenvalue weighted by Gasteiger charge is 2.18. The summed E-state index contributed by atoms with van der Waals surface area (Å²) in [5.74, 6) is 0.247. The summed E-state index contributed by atoms with van der Waals surface area (Å²) in [5.41, 5.74) is 0.513. The van der Waals surface area contributed by atoms with E-state index in [9.17, 15) is 14.4 Å². The molecule has 0 atom stereocenters. The number of H-pyrrole nitrogens is 1. The number of nitrogens with one attached hydrogen (secondary N) is 2. The molecule has 124 valence electrons. The number of pyridine rings is 1. The van der Waals surface area contributed by atoms with E-state index in [1.807, 2.05) is 13.0 Å². The lowest BCUT2D eigenvalue weighted by Gasteiger charge is -2.05. The normalized spacial score (nSPS) is 11.0. The van der Waals surface area contributed by atoms with Crippen LogP contribution in [0.25, 0.3) is 11.2 Å². The first kappa shape index (κ1) is 15.7. The number of imidazole rings is 1. The highest BCUT2D eigenvalue weighted by Crippen LogP contribution is 2.06. The van der Waals surface area contributed by atoms with E-state index in [4.69, 9.17) is 0 Å². The minimum Gasteiger partial charge on any atom is -0.313 e. The lowest BCUT2D eigenvalue weighted by Crippen LogP contribution is -2.38. The fourth-order valence-corrected chi connectivity index (χ4v) is 2.51. The fraction of sp³-hybridized carbons (Fsp3) is 0.267. The van der Waals surface area contributed by atoms with E-state index in [0.717, 1.165) is 10.1 Å². The molecule has 0 aromatic carbocycles. The van der Waals surface area contributed by atoms with Gasteiger partial charge in [-0.15, -0.1) is 0 Å². The topological polar surface area (TPSA) is 105 Å². The van der Waals surface area contributed by atoms with Gasteiger partial charge in [0.2, 0.25) is 0 Å². The molecule has 0 unspecified atom stereocenters. The average Bonchev–Trinajstić information content (AvgIpc) is 2.94. The summed E-state index contributed by atoms with van der Waals surface area (Å²) in [6, 6.07) is 3.68. The molecule has 0 saturated heterocycles. The lowest BCUT2D eigenvalue weighted by molar-refractivity contribution is -0.360. The van der Waals surface area contributed by atoms with Crippen LogP contribution in [-0.4, -0.2) is 24.6 Å². The summed E-state index contributed by atoms with van der Waals surface area (Å²) in [7, 11) is 2.92. The van der Waals surface area contributed by atoms with Crippen molar-refractivity contribution in [2.45, 2.75) is 13.5 Å². The van der Waals surface area contributed by atoms with E-state index in [1.165, 1.54) is 29.6 Å². The molecule has 0 radical (unpaired) electrons. The Labute approximate surface area is 136 Å². The number of aromatic nitrogens is 5. The number of rotatable bonds is 3. The molecular formula is C15H17N6O3+. The van der Waals surface area contributed by atoms with Gasteiger partial charge in [-0.1, -0.05) is 0 Å². The van der Waals surface area contributed by atoms with Crippen molar-refractivity contribution in [1.82, 2.24) is 18.7 Å². The van der Waals surface area contributed by atoms with Crippen LogP contribution in [0.3, 0.4) is 0 Å². The molecule has 0 bridgehead atoms. The van der Waals surface area contributed by atoms with Crippen molar-refractivity contribution in [2.75, 3.05) is 5.32 Å². The monoisotopic (exact) mass is 329 g/mol. The van der Waals surface area contributed by atoms with Crippen molar-refractivity contribution in [3.05, 3.63) is 51.1 Å². The second kappa shape index (κ2) is 5.76. The Morgan fingerprint density at radius 1 is 1.29 bits per heavy atom. The maximum atomic E-state index is 12.3. The maximum absolute atomic E-state index is 12.3. The molecule has 0 saturated carbocycles. The van der Waals surface area contributed by atoms with Crippen molar-refractivity contribution < 1.29 is 9.78 Å². The van der Waals surface area contributed by atoms with E-state index in [-0.39, 0.29) is 23.6 Å². The van der Waals surface area contributed by atoms with Gasteiger partial charge >= 0.3 is 11.6 Å². The fourth-order valence-electron chi connectivity index (χ4n) is 2.51. The number of aromatic amines is 1. The zero-order valence-corrected chi connectivity index (χ0v) is 13.5. The van der Waals surface area contributed by atoms with Crippen molar-refractivity contribution >= 4 is 22.9 Å². The Kier molecular flexibility index (Phi) is 3.76. The molecule has 0 aliphatic heterocycles. The molecule has 0 aliphatic carbocycles. The molecule has 0 spiro atoms. The van der Waals surface area contributed by atoms with Crippen LogP contribution in [0.1, 0.15) is 5.56 Å². The number of carbonyl (C=O) groups is 1. The molecule has 2 N–H and O–H groups in total. The molecule has 9 nitrogen and oxygen atoms in total. The number of fused-ring (bicyclic) bond motifs is 1. The van der Waals surface area contributed by atoms with Crippen molar-refractivity contribution in [1.29, 1.82) is 0 Å². The summed E-state index contributed by atoms with van der Waals surface area (Å²) in [6.07, 6.45) is 3.11. The Balaban J connectivity index is 1.95. The van der Waals surface area contributed by atoms with Crippen LogP contribution in [0.2, 0.25) is 0 Å². The first-order chi connectivity index (χ1) is 11.4. The van der Waals surface area contributed by atoms with Gasteiger partial charge in [0.15, 0.2) is 11.2 Å². The van der Waals surface area contributed by atoms with Gasteiger partial charge in [0.05, 0.1) is 12.5 Å². The Morgan fingerprint density at radius 3 is 2.75 bits per heavy atom. The predicted molar refractivity (Wildman–Crippen MR) is 86.6 cm³/mol. The lowest BCUT2D eigenvalue weighted by atomic mass is 10.3. The molecular weight excluding hydrogens is 312 g/mol. The van der Waals surface area contributed by atoms with Crippen LogP contribution in [0.15, 0.2) is 34.2 Å². The predicted octanol–water partition coefficient (Wildman–Crippen LogP) is -0.805. The first-order valence-electron chi connectivity index (χ1n) is 7.27. The highest BCUT2D eigenvalue weighted by molar-refractivity contribution is 5.89. The number of aryl methyl sites for hydroxylation is 2. The molecule has 3 heterocycles. The maximum Gasteiger partial charge on any atom is 0.332 e.